The average molecular weight is 231 g/mol. The highest BCUT2D eigenvalue weighted by Gasteiger charge is 2.23. The molecule has 1 aliphatic rings. The van der Waals surface area contributed by atoms with Gasteiger partial charge in [0, 0.05) is 20.8 Å². The Kier molecular flexibility index (Phi) is 5.17. The maximum atomic E-state index is 11.6. The van der Waals surface area contributed by atoms with Crippen molar-refractivity contribution < 1.29 is 19.1 Å². The first-order valence-corrected chi connectivity index (χ1v) is 5.00. The lowest BCUT2D eigenvalue weighted by Gasteiger charge is -2.24. The zero-order valence-corrected chi connectivity index (χ0v) is 9.41. The predicted molar refractivity (Wildman–Crippen MR) is 55.6 cm³/mol. The van der Waals surface area contributed by atoms with E-state index in [0.717, 1.165) is 0 Å². The van der Waals surface area contributed by atoms with E-state index in [9.17, 15) is 9.59 Å². The van der Waals surface area contributed by atoms with Gasteiger partial charge in [0.25, 0.3) is 0 Å². The van der Waals surface area contributed by atoms with E-state index in [-0.39, 0.29) is 24.9 Å². The number of nitrogens with one attached hydrogen (secondary N) is 3. The van der Waals surface area contributed by atoms with E-state index in [1.54, 1.807) is 0 Å². The Morgan fingerprint density at radius 2 is 2.25 bits per heavy atom. The Bertz CT molecular complexity index is 245. The normalized spacial score (nSPS) is 20.7. The molecule has 3 N–H and O–H groups in total. The van der Waals surface area contributed by atoms with Crippen LogP contribution in [0.25, 0.3) is 0 Å². The third-order valence-electron chi connectivity index (χ3n) is 2.30. The quantitative estimate of drug-likeness (QED) is 0.468. The van der Waals surface area contributed by atoms with Crippen LogP contribution in [0, 0.1) is 0 Å². The number of piperazine rings is 1. The lowest BCUT2D eigenvalue weighted by molar-refractivity contribution is -0.131. The molecule has 1 heterocycles. The van der Waals surface area contributed by atoms with Gasteiger partial charge < -0.3 is 20.1 Å². The Balaban J connectivity index is 2.27. The second kappa shape index (κ2) is 6.41. The van der Waals surface area contributed by atoms with Crippen molar-refractivity contribution in [2.75, 3.05) is 33.9 Å². The number of ether oxygens (including phenoxy) is 2. The van der Waals surface area contributed by atoms with E-state index in [1.807, 2.05) is 0 Å². The zero-order chi connectivity index (χ0) is 12.0. The molecule has 16 heavy (non-hydrogen) atoms. The molecular formula is C9H17N3O4. The van der Waals surface area contributed by atoms with Gasteiger partial charge in [0.1, 0.15) is 6.04 Å². The van der Waals surface area contributed by atoms with Gasteiger partial charge in [-0.25, -0.2) is 0 Å². The number of carbonyl (C=O) groups is 2. The van der Waals surface area contributed by atoms with Gasteiger partial charge in [-0.2, -0.15) is 0 Å². The fraction of sp³-hybridized carbons (Fsp3) is 0.778. The van der Waals surface area contributed by atoms with Crippen molar-refractivity contribution in [3.8, 4) is 0 Å². The van der Waals surface area contributed by atoms with E-state index in [4.69, 9.17) is 9.47 Å². The number of carbonyl (C=O) groups excluding carboxylic acids is 2. The predicted octanol–water partition coefficient (Wildman–Crippen LogP) is -2.19. The van der Waals surface area contributed by atoms with Gasteiger partial charge in [0.15, 0.2) is 6.29 Å². The largest absolute Gasteiger partial charge is 0.354 e. The van der Waals surface area contributed by atoms with Crippen LogP contribution < -0.4 is 16.0 Å². The minimum absolute atomic E-state index is 0.101. The van der Waals surface area contributed by atoms with Crippen LogP contribution in [0.5, 0.6) is 0 Å². The topological polar surface area (TPSA) is 88.7 Å². The third-order valence-corrected chi connectivity index (χ3v) is 2.30. The molecule has 92 valence electrons. The molecule has 7 nitrogen and oxygen atoms in total. The number of hydrogen-bond acceptors (Lipinski definition) is 5. The third kappa shape index (κ3) is 3.76. The van der Waals surface area contributed by atoms with E-state index in [1.165, 1.54) is 14.2 Å². The molecule has 0 saturated carbocycles. The monoisotopic (exact) mass is 231 g/mol. The van der Waals surface area contributed by atoms with E-state index >= 15 is 0 Å². The van der Waals surface area contributed by atoms with Crippen molar-refractivity contribution in [1.29, 1.82) is 0 Å². The summed E-state index contributed by atoms with van der Waals surface area (Å²) in [6, 6.07) is -0.396. The van der Waals surface area contributed by atoms with Crippen LogP contribution in [0.3, 0.4) is 0 Å². The maximum absolute atomic E-state index is 11.6. The smallest absolute Gasteiger partial charge is 0.239 e. The van der Waals surface area contributed by atoms with Crippen LogP contribution in [0.1, 0.15) is 0 Å². The van der Waals surface area contributed by atoms with Gasteiger partial charge in [-0.15, -0.1) is 0 Å². The summed E-state index contributed by atoms with van der Waals surface area (Å²) >= 11 is 0. The number of amides is 2. The molecular weight excluding hydrogens is 214 g/mol. The van der Waals surface area contributed by atoms with E-state index in [2.05, 4.69) is 16.0 Å². The molecule has 0 aromatic rings. The average Bonchev–Trinajstić information content (AvgIpc) is 2.31. The number of methoxy groups -OCH3 is 2. The molecule has 0 aromatic heterocycles. The molecule has 0 bridgehead atoms. The van der Waals surface area contributed by atoms with Crippen LogP contribution in [-0.2, 0) is 19.1 Å². The van der Waals surface area contributed by atoms with Crippen LogP contribution in [-0.4, -0.2) is 58.0 Å². The molecule has 0 aliphatic carbocycles. The summed E-state index contributed by atoms with van der Waals surface area (Å²) in [6.45, 7) is 0.739. The van der Waals surface area contributed by atoms with Gasteiger partial charge in [-0.1, -0.05) is 0 Å². The van der Waals surface area contributed by atoms with Crippen molar-refractivity contribution in [3.05, 3.63) is 0 Å². The summed E-state index contributed by atoms with van der Waals surface area (Å²) in [5, 5.41) is 8.09. The van der Waals surface area contributed by atoms with Crippen LogP contribution in [0.4, 0.5) is 0 Å². The van der Waals surface area contributed by atoms with Crippen molar-refractivity contribution in [2.24, 2.45) is 0 Å². The highest BCUT2D eigenvalue weighted by Crippen LogP contribution is 1.91. The summed E-state index contributed by atoms with van der Waals surface area (Å²) in [5.74, 6) is -0.283. The number of rotatable bonds is 5. The van der Waals surface area contributed by atoms with Gasteiger partial charge in [0.05, 0.1) is 13.1 Å². The van der Waals surface area contributed by atoms with Crippen molar-refractivity contribution in [2.45, 2.75) is 12.3 Å². The summed E-state index contributed by atoms with van der Waals surface area (Å²) in [5.41, 5.74) is 0. The zero-order valence-electron chi connectivity index (χ0n) is 9.41. The maximum Gasteiger partial charge on any atom is 0.239 e. The first-order valence-electron chi connectivity index (χ1n) is 5.00. The second-order valence-corrected chi connectivity index (χ2v) is 3.38. The van der Waals surface area contributed by atoms with Gasteiger partial charge in [-0.05, 0) is 0 Å². The summed E-state index contributed by atoms with van der Waals surface area (Å²) in [6.07, 6.45) is -0.456. The molecule has 1 atom stereocenters. The van der Waals surface area contributed by atoms with Gasteiger partial charge in [-0.3, -0.25) is 14.9 Å². The Hall–Kier alpha value is -1.18. The minimum atomic E-state index is -0.456. The lowest BCUT2D eigenvalue weighted by atomic mass is 10.2. The van der Waals surface area contributed by atoms with Gasteiger partial charge >= 0.3 is 0 Å². The molecule has 2 amide bonds. The molecule has 1 rings (SSSR count). The van der Waals surface area contributed by atoms with E-state index in [0.29, 0.717) is 6.54 Å². The number of hydrogen-bond donors (Lipinski definition) is 3. The molecule has 0 radical (unpaired) electrons. The van der Waals surface area contributed by atoms with Crippen molar-refractivity contribution in [1.82, 2.24) is 16.0 Å². The molecule has 0 aromatic carbocycles. The summed E-state index contributed by atoms with van der Waals surface area (Å²) < 4.78 is 9.85. The summed E-state index contributed by atoms with van der Waals surface area (Å²) in [4.78, 5) is 22.4. The molecule has 1 saturated heterocycles. The first-order chi connectivity index (χ1) is 7.67. The lowest BCUT2D eigenvalue weighted by Crippen LogP contribution is -2.58. The highest BCUT2D eigenvalue weighted by atomic mass is 16.7. The Morgan fingerprint density at radius 1 is 1.56 bits per heavy atom. The van der Waals surface area contributed by atoms with Crippen LogP contribution in [0.15, 0.2) is 0 Å². The first kappa shape index (κ1) is 12.9. The van der Waals surface area contributed by atoms with Crippen molar-refractivity contribution >= 4 is 11.8 Å². The molecule has 1 aliphatic heterocycles. The second-order valence-electron chi connectivity index (χ2n) is 3.38. The molecule has 1 fully saturated rings. The minimum Gasteiger partial charge on any atom is -0.354 e. The van der Waals surface area contributed by atoms with Crippen LogP contribution in [0.2, 0.25) is 0 Å². The van der Waals surface area contributed by atoms with E-state index < -0.39 is 12.3 Å². The fourth-order valence-corrected chi connectivity index (χ4v) is 1.32. The van der Waals surface area contributed by atoms with Crippen LogP contribution >= 0.6 is 0 Å². The molecule has 1 unspecified atom stereocenters. The Labute approximate surface area is 93.9 Å². The standard InChI is InChI=1S/C9H17N3O4/c1-15-8(16-2)5-12-9(14)6-3-11-7(13)4-10-6/h6,8,10H,3-5H2,1-2H3,(H,11,13)(H,12,14). The fourth-order valence-electron chi connectivity index (χ4n) is 1.32. The SMILES string of the molecule is COC(CNC(=O)C1CNC(=O)CN1)OC. The Morgan fingerprint density at radius 3 is 2.75 bits per heavy atom. The van der Waals surface area contributed by atoms with Crippen molar-refractivity contribution in [3.63, 3.8) is 0 Å². The highest BCUT2D eigenvalue weighted by molar-refractivity contribution is 5.86. The summed E-state index contributed by atoms with van der Waals surface area (Å²) in [7, 11) is 3.00. The molecule has 0 spiro atoms. The molecule has 7 heteroatoms. The van der Waals surface area contributed by atoms with Gasteiger partial charge in [0.2, 0.25) is 11.8 Å².